The van der Waals surface area contributed by atoms with E-state index in [4.69, 9.17) is 16.1 Å². The lowest BCUT2D eigenvalue weighted by Crippen LogP contribution is -1.93. The zero-order valence-electron chi connectivity index (χ0n) is 9.48. The first-order valence-electron chi connectivity index (χ1n) is 5.64. The summed E-state index contributed by atoms with van der Waals surface area (Å²) >= 11 is 5.98. The minimum Gasteiger partial charge on any atom is -0.360 e. The van der Waals surface area contributed by atoms with Crippen molar-refractivity contribution in [3.63, 3.8) is 0 Å². The number of halogens is 1. The molecule has 1 aliphatic carbocycles. The summed E-state index contributed by atoms with van der Waals surface area (Å²) < 4.78 is 5.39. The molecule has 2 heterocycles. The maximum Gasteiger partial charge on any atom is 0.144 e. The molecule has 0 unspecified atom stereocenters. The number of alkyl halides is 1. The summed E-state index contributed by atoms with van der Waals surface area (Å²) in [6.45, 7) is 1.90. The van der Waals surface area contributed by atoms with E-state index >= 15 is 0 Å². The zero-order valence-corrected chi connectivity index (χ0v) is 10.2. The number of hydrogen-bond acceptors (Lipinski definition) is 4. The summed E-state index contributed by atoms with van der Waals surface area (Å²) in [6.07, 6.45) is 2.33. The molecule has 3 rings (SSSR count). The molecule has 88 valence electrons. The van der Waals surface area contributed by atoms with Crippen molar-refractivity contribution in [3.8, 4) is 11.4 Å². The van der Waals surface area contributed by atoms with E-state index in [1.165, 1.54) is 0 Å². The second-order valence-electron chi connectivity index (χ2n) is 4.34. The van der Waals surface area contributed by atoms with E-state index in [1.54, 1.807) is 0 Å². The first kappa shape index (κ1) is 10.7. The minimum atomic E-state index is 0.403. The van der Waals surface area contributed by atoms with E-state index in [2.05, 4.69) is 15.4 Å². The summed E-state index contributed by atoms with van der Waals surface area (Å²) in [7, 11) is 0. The van der Waals surface area contributed by atoms with Gasteiger partial charge in [0.05, 0.1) is 11.6 Å². The van der Waals surface area contributed by atoms with Gasteiger partial charge in [-0.25, -0.2) is 0 Å². The van der Waals surface area contributed by atoms with E-state index in [0.29, 0.717) is 11.8 Å². The molecule has 2 aromatic rings. The zero-order chi connectivity index (χ0) is 11.8. The molecule has 5 heteroatoms. The highest BCUT2D eigenvalue weighted by Gasteiger charge is 2.32. The van der Waals surface area contributed by atoms with Crippen LogP contribution in [0.25, 0.3) is 11.4 Å². The smallest absolute Gasteiger partial charge is 0.144 e. The van der Waals surface area contributed by atoms with Crippen molar-refractivity contribution >= 4 is 11.6 Å². The molecule has 0 aliphatic heterocycles. The Morgan fingerprint density at radius 3 is 2.76 bits per heavy atom. The van der Waals surface area contributed by atoms with Gasteiger partial charge < -0.3 is 4.52 Å². The van der Waals surface area contributed by atoms with Crippen molar-refractivity contribution < 1.29 is 4.52 Å². The summed E-state index contributed by atoms with van der Waals surface area (Å²) in [6, 6.07) is 3.80. The van der Waals surface area contributed by atoms with Gasteiger partial charge in [-0.1, -0.05) is 5.16 Å². The van der Waals surface area contributed by atoms with Crippen LogP contribution in [0.5, 0.6) is 0 Å². The van der Waals surface area contributed by atoms with Gasteiger partial charge in [-0.3, -0.25) is 0 Å². The molecule has 1 saturated carbocycles. The molecule has 17 heavy (non-hydrogen) atoms. The summed E-state index contributed by atoms with van der Waals surface area (Å²) in [5.74, 6) is 1.83. The monoisotopic (exact) mass is 249 g/mol. The van der Waals surface area contributed by atoms with Crippen molar-refractivity contribution in [2.24, 2.45) is 0 Å². The van der Waals surface area contributed by atoms with Crippen molar-refractivity contribution in [1.29, 1.82) is 0 Å². The number of hydrogen-bond donors (Lipinski definition) is 0. The summed E-state index contributed by atoms with van der Waals surface area (Å²) in [5, 5.41) is 12.2. The van der Waals surface area contributed by atoms with Gasteiger partial charge >= 0.3 is 0 Å². The van der Waals surface area contributed by atoms with E-state index in [1.807, 2.05) is 19.1 Å². The van der Waals surface area contributed by atoms with Crippen LogP contribution >= 0.6 is 11.6 Å². The average molecular weight is 250 g/mol. The van der Waals surface area contributed by atoms with Crippen molar-refractivity contribution in [2.75, 3.05) is 0 Å². The van der Waals surface area contributed by atoms with Gasteiger partial charge in [0.1, 0.15) is 17.1 Å². The predicted octanol–water partition coefficient (Wildman–Crippen LogP) is 3.06. The molecule has 0 N–H and O–H groups in total. The van der Waals surface area contributed by atoms with Crippen LogP contribution < -0.4 is 0 Å². The van der Waals surface area contributed by atoms with Crippen LogP contribution in [0, 0.1) is 6.92 Å². The Hall–Kier alpha value is -1.42. The highest BCUT2D eigenvalue weighted by Crippen LogP contribution is 2.44. The summed E-state index contributed by atoms with van der Waals surface area (Å²) in [5.41, 5.74) is 3.30. The molecule has 1 aliphatic rings. The fourth-order valence-corrected chi connectivity index (χ4v) is 2.10. The molecule has 0 aromatic carbocycles. The fourth-order valence-electron chi connectivity index (χ4n) is 1.84. The van der Waals surface area contributed by atoms with Crippen LogP contribution in [-0.4, -0.2) is 15.4 Å². The first-order valence-corrected chi connectivity index (χ1v) is 6.18. The van der Waals surface area contributed by atoms with Crippen LogP contribution in [-0.2, 0) is 5.88 Å². The minimum absolute atomic E-state index is 0.403. The Labute approximate surface area is 104 Å². The van der Waals surface area contributed by atoms with Gasteiger partial charge in [-0.05, 0) is 31.9 Å². The number of nitrogens with zero attached hydrogens (tertiary/aromatic N) is 3. The second kappa shape index (κ2) is 4.11. The Morgan fingerprint density at radius 1 is 1.35 bits per heavy atom. The lowest BCUT2D eigenvalue weighted by Gasteiger charge is -1.98. The van der Waals surface area contributed by atoms with E-state index in [9.17, 15) is 0 Å². The van der Waals surface area contributed by atoms with E-state index in [-0.39, 0.29) is 0 Å². The predicted molar refractivity (Wildman–Crippen MR) is 63.8 cm³/mol. The summed E-state index contributed by atoms with van der Waals surface area (Å²) in [4.78, 5) is 0. The molecule has 0 saturated heterocycles. The van der Waals surface area contributed by atoms with Gasteiger partial charge in [-0.15, -0.1) is 16.7 Å². The normalized spacial score (nSPS) is 15.2. The Bertz CT molecular complexity index is 531. The lowest BCUT2D eigenvalue weighted by molar-refractivity contribution is 0.385. The number of rotatable bonds is 3. The number of aryl methyl sites for hydroxylation is 1. The van der Waals surface area contributed by atoms with Crippen LogP contribution in [0.2, 0.25) is 0 Å². The molecule has 0 atom stereocenters. The SMILES string of the molecule is Cc1ccc(-c2noc(C3CC3)c2CCl)nn1. The molecular weight excluding hydrogens is 238 g/mol. The van der Waals surface area contributed by atoms with Gasteiger partial charge in [-0.2, -0.15) is 5.10 Å². The topological polar surface area (TPSA) is 51.8 Å². The highest BCUT2D eigenvalue weighted by atomic mass is 35.5. The van der Waals surface area contributed by atoms with Crippen molar-refractivity contribution in [2.45, 2.75) is 31.6 Å². The first-order chi connectivity index (χ1) is 8.29. The Balaban J connectivity index is 2.04. The third-order valence-corrected chi connectivity index (χ3v) is 3.21. The van der Waals surface area contributed by atoms with Crippen LogP contribution in [0.15, 0.2) is 16.7 Å². The van der Waals surface area contributed by atoms with Gasteiger partial charge in [0.25, 0.3) is 0 Å². The molecule has 2 aromatic heterocycles. The third kappa shape index (κ3) is 1.93. The Morgan fingerprint density at radius 2 is 2.18 bits per heavy atom. The van der Waals surface area contributed by atoms with Crippen LogP contribution in [0.1, 0.15) is 35.8 Å². The number of aromatic nitrogens is 3. The second-order valence-corrected chi connectivity index (χ2v) is 4.61. The standard InChI is InChI=1S/C12H12ClN3O/c1-7-2-5-10(15-14-7)11-9(6-13)12(17-16-11)8-3-4-8/h2,5,8H,3-4,6H2,1H3. The molecule has 0 bridgehead atoms. The average Bonchev–Trinajstić information content (AvgIpc) is 3.10. The van der Waals surface area contributed by atoms with Crippen molar-refractivity contribution in [3.05, 3.63) is 29.2 Å². The molecule has 0 spiro atoms. The molecule has 1 fully saturated rings. The van der Waals surface area contributed by atoms with Crippen LogP contribution in [0.3, 0.4) is 0 Å². The molecule has 4 nitrogen and oxygen atoms in total. The quantitative estimate of drug-likeness (QED) is 0.785. The van der Waals surface area contributed by atoms with E-state index in [0.717, 1.165) is 41.2 Å². The highest BCUT2D eigenvalue weighted by molar-refractivity contribution is 6.17. The van der Waals surface area contributed by atoms with Gasteiger partial charge in [0.2, 0.25) is 0 Å². The fraction of sp³-hybridized carbons (Fsp3) is 0.417. The Kier molecular flexibility index (Phi) is 2.59. The maximum absolute atomic E-state index is 5.98. The lowest BCUT2D eigenvalue weighted by atomic mass is 10.1. The maximum atomic E-state index is 5.98. The molecule has 0 radical (unpaired) electrons. The largest absolute Gasteiger partial charge is 0.360 e. The molecule has 0 amide bonds. The van der Waals surface area contributed by atoms with E-state index < -0.39 is 0 Å². The van der Waals surface area contributed by atoms with Gasteiger partial charge in [0, 0.05) is 11.5 Å². The van der Waals surface area contributed by atoms with Crippen LogP contribution in [0.4, 0.5) is 0 Å². The third-order valence-electron chi connectivity index (χ3n) is 2.94. The van der Waals surface area contributed by atoms with Crippen molar-refractivity contribution in [1.82, 2.24) is 15.4 Å². The van der Waals surface area contributed by atoms with Gasteiger partial charge in [0.15, 0.2) is 0 Å². The molecular formula is C12H12ClN3O.